The van der Waals surface area contributed by atoms with Crippen molar-refractivity contribution in [2.45, 2.75) is 13.0 Å². The third-order valence-corrected chi connectivity index (χ3v) is 3.03. The van der Waals surface area contributed by atoms with Crippen LogP contribution in [-0.2, 0) is 0 Å². The van der Waals surface area contributed by atoms with Gasteiger partial charge in [0.05, 0.1) is 17.0 Å². The average molecular weight is 272 g/mol. The number of nitro groups is 1. The number of nitrogens with zero attached hydrogens (tertiary/aromatic N) is 1. The van der Waals surface area contributed by atoms with Crippen molar-refractivity contribution in [2.75, 3.05) is 6.61 Å². The molecule has 1 unspecified atom stereocenters. The number of benzene rings is 2. The molecule has 2 aromatic carbocycles. The van der Waals surface area contributed by atoms with Gasteiger partial charge in [-0.05, 0) is 24.1 Å². The highest BCUT2D eigenvalue weighted by Gasteiger charge is 2.11. The maximum absolute atomic E-state index is 10.7. The quantitative estimate of drug-likeness (QED) is 0.670. The molecule has 0 fully saturated rings. The van der Waals surface area contributed by atoms with Crippen LogP contribution in [0.3, 0.4) is 0 Å². The summed E-state index contributed by atoms with van der Waals surface area (Å²) >= 11 is 0. The molecule has 0 heterocycles. The number of rotatable bonds is 5. The van der Waals surface area contributed by atoms with Crippen LogP contribution < -0.4 is 10.5 Å². The third-order valence-electron chi connectivity index (χ3n) is 3.03. The zero-order valence-corrected chi connectivity index (χ0v) is 11.2. The molecule has 2 N–H and O–H groups in total. The van der Waals surface area contributed by atoms with Crippen molar-refractivity contribution in [1.82, 2.24) is 0 Å². The van der Waals surface area contributed by atoms with Crippen molar-refractivity contribution in [1.29, 1.82) is 0 Å². The van der Waals surface area contributed by atoms with E-state index >= 15 is 0 Å². The van der Waals surface area contributed by atoms with Crippen LogP contribution in [0.1, 0.15) is 17.2 Å². The summed E-state index contributed by atoms with van der Waals surface area (Å²) in [5.74, 6) is 0.491. The molecule has 5 heteroatoms. The van der Waals surface area contributed by atoms with Crippen molar-refractivity contribution in [3.8, 4) is 5.75 Å². The second-order valence-corrected chi connectivity index (χ2v) is 4.54. The SMILES string of the molecule is Cc1ccc([N+](=O)[O-])cc1OCC(N)c1ccccc1. The summed E-state index contributed by atoms with van der Waals surface area (Å²) in [6.07, 6.45) is 0. The van der Waals surface area contributed by atoms with Crippen LogP contribution in [0.25, 0.3) is 0 Å². The Morgan fingerprint density at radius 2 is 1.95 bits per heavy atom. The largest absolute Gasteiger partial charge is 0.491 e. The number of ether oxygens (including phenoxy) is 1. The Morgan fingerprint density at radius 1 is 1.25 bits per heavy atom. The van der Waals surface area contributed by atoms with E-state index < -0.39 is 4.92 Å². The van der Waals surface area contributed by atoms with E-state index in [0.717, 1.165) is 11.1 Å². The molecule has 2 rings (SSSR count). The normalized spacial score (nSPS) is 11.9. The molecule has 0 saturated carbocycles. The maximum Gasteiger partial charge on any atom is 0.273 e. The first-order valence-corrected chi connectivity index (χ1v) is 6.26. The number of nitrogens with two attached hydrogens (primary N) is 1. The summed E-state index contributed by atoms with van der Waals surface area (Å²) in [5, 5.41) is 10.7. The highest BCUT2D eigenvalue weighted by molar-refractivity contribution is 5.43. The fourth-order valence-corrected chi connectivity index (χ4v) is 1.83. The highest BCUT2D eigenvalue weighted by atomic mass is 16.6. The molecule has 5 nitrogen and oxygen atoms in total. The maximum atomic E-state index is 10.7. The van der Waals surface area contributed by atoms with E-state index in [0.29, 0.717) is 5.75 Å². The molecule has 0 aliphatic heterocycles. The van der Waals surface area contributed by atoms with Gasteiger partial charge in [0.25, 0.3) is 5.69 Å². The minimum absolute atomic E-state index is 0.0129. The van der Waals surface area contributed by atoms with E-state index in [-0.39, 0.29) is 18.3 Å². The molecule has 0 amide bonds. The Balaban J connectivity index is 2.07. The van der Waals surface area contributed by atoms with Crippen molar-refractivity contribution in [3.63, 3.8) is 0 Å². The topological polar surface area (TPSA) is 78.4 Å². The van der Waals surface area contributed by atoms with Gasteiger partial charge < -0.3 is 10.5 Å². The van der Waals surface area contributed by atoms with Crippen molar-refractivity contribution >= 4 is 5.69 Å². The Morgan fingerprint density at radius 3 is 2.60 bits per heavy atom. The van der Waals surface area contributed by atoms with Crippen LogP contribution >= 0.6 is 0 Å². The zero-order valence-electron chi connectivity index (χ0n) is 11.2. The molecule has 0 saturated heterocycles. The molecule has 0 aliphatic carbocycles. The van der Waals surface area contributed by atoms with Gasteiger partial charge in [-0.1, -0.05) is 30.3 Å². The van der Waals surface area contributed by atoms with E-state index in [4.69, 9.17) is 10.5 Å². The number of hydrogen-bond donors (Lipinski definition) is 1. The fourth-order valence-electron chi connectivity index (χ4n) is 1.83. The van der Waals surface area contributed by atoms with Gasteiger partial charge in [-0.2, -0.15) is 0 Å². The highest BCUT2D eigenvalue weighted by Crippen LogP contribution is 2.25. The number of hydrogen-bond acceptors (Lipinski definition) is 4. The Kier molecular flexibility index (Phi) is 4.32. The van der Waals surface area contributed by atoms with E-state index in [1.807, 2.05) is 37.3 Å². The summed E-state index contributed by atoms with van der Waals surface area (Å²) in [6, 6.07) is 13.9. The van der Waals surface area contributed by atoms with Gasteiger partial charge in [0.1, 0.15) is 12.4 Å². The van der Waals surface area contributed by atoms with Crippen LogP contribution in [0.5, 0.6) is 5.75 Å². The Hall–Kier alpha value is -2.40. The number of non-ortho nitro benzene ring substituents is 1. The average Bonchev–Trinajstić information content (AvgIpc) is 2.46. The van der Waals surface area contributed by atoms with E-state index in [2.05, 4.69) is 0 Å². The standard InChI is InChI=1S/C15H16N2O3/c1-11-7-8-13(17(18)19)9-15(11)20-10-14(16)12-5-3-2-4-6-12/h2-9,14H,10,16H2,1H3. The Labute approximate surface area is 117 Å². The fraction of sp³-hybridized carbons (Fsp3) is 0.200. The molecule has 1 atom stereocenters. The van der Waals surface area contributed by atoms with Gasteiger partial charge in [0.15, 0.2) is 0 Å². The monoisotopic (exact) mass is 272 g/mol. The first kappa shape index (κ1) is 14.0. The van der Waals surface area contributed by atoms with Crippen LogP contribution in [0.2, 0.25) is 0 Å². The van der Waals surface area contributed by atoms with E-state index in [9.17, 15) is 10.1 Å². The second kappa shape index (κ2) is 6.16. The minimum Gasteiger partial charge on any atom is -0.491 e. The predicted molar refractivity (Wildman–Crippen MR) is 76.7 cm³/mol. The summed E-state index contributed by atoms with van der Waals surface area (Å²) in [6.45, 7) is 2.11. The molecule has 0 radical (unpaired) electrons. The van der Waals surface area contributed by atoms with Crippen LogP contribution in [0, 0.1) is 17.0 Å². The number of nitro benzene ring substituents is 1. The van der Waals surface area contributed by atoms with Gasteiger partial charge in [-0.15, -0.1) is 0 Å². The van der Waals surface area contributed by atoms with Gasteiger partial charge >= 0.3 is 0 Å². The minimum atomic E-state index is -0.441. The smallest absolute Gasteiger partial charge is 0.273 e. The summed E-state index contributed by atoms with van der Waals surface area (Å²) in [4.78, 5) is 10.3. The molecule has 0 spiro atoms. The zero-order chi connectivity index (χ0) is 14.5. The van der Waals surface area contributed by atoms with Crippen molar-refractivity contribution in [2.24, 2.45) is 5.73 Å². The van der Waals surface area contributed by atoms with Crippen molar-refractivity contribution in [3.05, 3.63) is 69.8 Å². The van der Waals surface area contributed by atoms with Crippen LogP contribution in [-0.4, -0.2) is 11.5 Å². The lowest BCUT2D eigenvalue weighted by Crippen LogP contribution is -2.19. The lowest BCUT2D eigenvalue weighted by Gasteiger charge is -2.14. The third kappa shape index (κ3) is 3.33. The van der Waals surface area contributed by atoms with Gasteiger partial charge in [0.2, 0.25) is 0 Å². The summed E-state index contributed by atoms with van der Waals surface area (Å²) < 4.78 is 5.61. The molecule has 0 aromatic heterocycles. The van der Waals surface area contributed by atoms with Gasteiger partial charge in [0, 0.05) is 6.07 Å². The predicted octanol–water partition coefficient (Wildman–Crippen LogP) is 2.98. The summed E-state index contributed by atoms with van der Waals surface area (Å²) in [5.41, 5.74) is 7.86. The van der Waals surface area contributed by atoms with Crippen LogP contribution in [0.4, 0.5) is 5.69 Å². The van der Waals surface area contributed by atoms with Crippen LogP contribution in [0.15, 0.2) is 48.5 Å². The van der Waals surface area contributed by atoms with Crippen molar-refractivity contribution < 1.29 is 9.66 Å². The molecular formula is C15H16N2O3. The summed E-state index contributed by atoms with van der Waals surface area (Å²) in [7, 11) is 0. The Bertz CT molecular complexity index is 599. The first-order valence-electron chi connectivity index (χ1n) is 6.26. The lowest BCUT2D eigenvalue weighted by molar-refractivity contribution is -0.384. The molecule has 0 bridgehead atoms. The van der Waals surface area contributed by atoms with E-state index in [1.165, 1.54) is 12.1 Å². The number of aryl methyl sites for hydroxylation is 1. The van der Waals surface area contributed by atoms with Gasteiger partial charge in [-0.25, -0.2) is 0 Å². The molecule has 104 valence electrons. The lowest BCUT2D eigenvalue weighted by atomic mass is 10.1. The molecule has 20 heavy (non-hydrogen) atoms. The molecule has 2 aromatic rings. The molecule has 0 aliphatic rings. The van der Waals surface area contributed by atoms with Gasteiger partial charge in [-0.3, -0.25) is 10.1 Å². The second-order valence-electron chi connectivity index (χ2n) is 4.54. The van der Waals surface area contributed by atoms with E-state index in [1.54, 1.807) is 6.07 Å². The first-order chi connectivity index (χ1) is 9.58. The molecular weight excluding hydrogens is 256 g/mol.